The molecule has 1 aromatic rings. The fourth-order valence-corrected chi connectivity index (χ4v) is 2.00. The molecule has 0 aromatic carbocycles. The summed E-state index contributed by atoms with van der Waals surface area (Å²) >= 11 is 0. The van der Waals surface area contributed by atoms with E-state index >= 15 is 0 Å². The second-order valence-electron chi connectivity index (χ2n) is 6.40. The molecule has 0 radical (unpaired) electrons. The number of ether oxygens (including phenoxy) is 2. The molecular weight excluding hydrogens is 282 g/mol. The van der Waals surface area contributed by atoms with Crippen LogP contribution in [0.4, 0.5) is 4.79 Å². The summed E-state index contributed by atoms with van der Waals surface area (Å²) in [4.78, 5) is 13.8. The largest absolute Gasteiger partial charge is 0.473 e. The van der Waals surface area contributed by atoms with Crippen LogP contribution in [0.1, 0.15) is 47.2 Å². The molecule has 0 fully saturated rings. The summed E-state index contributed by atoms with van der Waals surface area (Å²) in [6, 6.07) is 1.93. The zero-order valence-corrected chi connectivity index (χ0v) is 14.8. The van der Waals surface area contributed by atoms with Crippen molar-refractivity contribution in [2.45, 2.75) is 59.7 Å². The number of aryl methyl sites for hydroxylation is 2. The van der Waals surface area contributed by atoms with Crippen LogP contribution >= 0.6 is 0 Å². The van der Waals surface area contributed by atoms with Gasteiger partial charge in [0.1, 0.15) is 11.7 Å². The van der Waals surface area contributed by atoms with Crippen molar-refractivity contribution in [3.8, 4) is 5.88 Å². The molecule has 1 amide bonds. The number of aromatic nitrogens is 2. The van der Waals surface area contributed by atoms with Crippen LogP contribution in [0.25, 0.3) is 0 Å². The van der Waals surface area contributed by atoms with Crippen molar-refractivity contribution in [1.29, 1.82) is 0 Å². The molecule has 1 atom stereocenters. The summed E-state index contributed by atoms with van der Waals surface area (Å²) in [6.45, 7) is 12.5. The first-order chi connectivity index (χ1) is 10.2. The van der Waals surface area contributed by atoms with Gasteiger partial charge in [-0.05, 0) is 41.0 Å². The molecule has 0 spiro atoms. The number of amides is 1. The van der Waals surface area contributed by atoms with E-state index in [1.807, 2.05) is 47.7 Å². The normalized spacial score (nSPS) is 12.9. The number of rotatable bonds is 6. The number of hydrogen-bond acceptors (Lipinski definition) is 4. The summed E-state index contributed by atoms with van der Waals surface area (Å²) in [5, 5.41) is 4.35. The van der Waals surface area contributed by atoms with Gasteiger partial charge in [0.15, 0.2) is 0 Å². The van der Waals surface area contributed by atoms with Gasteiger partial charge in [-0.25, -0.2) is 9.48 Å². The molecule has 126 valence electrons. The molecule has 0 aliphatic carbocycles. The standard InChI is InChI=1S/C16H29N3O3/c1-8-13-10-14(18(7)17-13)21-12(3)11-19(9-2)15(20)22-16(4,5)6/h10,12H,8-9,11H2,1-7H3/t12-/m0/s1. The molecule has 0 aliphatic heterocycles. The van der Waals surface area contributed by atoms with Crippen LogP contribution in [-0.4, -0.2) is 45.6 Å². The first-order valence-electron chi connectivity index (χ1n) is 7.83. The van der Waals surface area contributed by atoms with Crippen LogP contribution in [0.5, 0.6) is 5.88 Å². The molecule has 0 unspecified atom stereocenters. The number of carbonyl (C=O) groups excluding carboxylic acids is 1. The zero-order valence-electron chi connectivity index (χ0n) is 14.8. The Kier molecular flexibility index (Phi) is 6.26. The lowest BCUT2D eigenvalue weighted by Crippen LogP contribution is -2.41. The van der Waals surface area contributed by atoms with Gasteiger partial charge in [-0.2, -0.15) is 5.10 Å². The van der Waals surface area contributed by atoms with Gasteiger partial charge in [0, 0.05) is 19.7 Å². The van der Waals surface area contributed by atoms with E-state index < -0.39 is 5.60 Å². The Balaban J connectivity index is 2.62. The monoisotopic (exact) mass is 311 g/mol. The first-order valence-corrected chi connectivity index (χ1v) is 7.83. The fraction of sp³-hybridized carbons (Fsp3) is 0.750. The van der Waals surface area contributed by atoms with Gasteiger partial charge in [-0.3, -0.25) is 0 Å². The van der Waals surface area contributed by atoms with Crippen molar-refractivity contribution in [1.82, 2.24) is 14.7 Å². The Labute approximate surface area is 133 Å². The topological polar surface area (TPSA) is 56.6 Å². The SMILES string of the molecule is CCc1cc(O[C@@H](C)CN(CC)C(=O)OC(C)(C)C)n(C)n1. The highest BCUT2D eigenvalue weighted by Crippen LogP contribution is 2.15. The van der Waals surface area contributed by atoms with Crippen LogP contribution in [0, 0.1) is 0 Å². The summed E-state index contributed by atoms with van der Waals surface area (Å²) in [5.74, 6) is 0.713. The predicted molar refractivity (Wildman–Crippen MR) is 86.2 cm³/mol. The van der Waals surface area contributed by atoms with Gasteiger partial charge in [0.05, 0.1) is 12.2 Å². The van der Waals surface area contributed by atoms with E-state index in [1.165, 1.54) is 0 Å². The maximum absolute atomic E-state index is 12.1. The van der Waals surface area contributed by atoms with Crippen molar-refractivity contribution in [2.75, 3.05) is 13.1 Å². The van der Waals surface area contributed by atoms with Crippen molar-refractivity contribution >= 4 is 6.09 Å². The molecule has 6 heteroatoms. The maximum Gasteiger partial charge on any atom is 0.410 e. The maximum atomic E-state index is 12.1. The van der Waals surface area contributed by atoms with Gasteiger partial charge in [-0.15, -0.1) is 0 Å². The molecule has 0 aliphatic rings. The molecule has 0 bridgehead atoms. The number of carbonyl (C=O) groups is 1. The van der Waals surface area contributed by atoms with E-state index in [2.05, 4.69) is 12.0 Å². The van der Waals surface area contributed by atoms with Crippen LogP contribution in [0.3, 0.4) is 0 Å². The molecule has 22 heavy (non-hydrogen) atoms. The molecule has 0 saturated carbocycles. The highest BCUT2D eigenvalue weighted by molar-refractivity contribution is 5.68. The van der Waals surface area contributed by atoms with Crippen LogP contribution in [0.15, 0.2) is 6.07 Å². The van der Waals surface area contributed by atoms with Crippen molar-refractivity contribution in [2.24, 2.45) is 7.05 Å². The minimum Gasteiger partial charge on any atom is -0.473 e. The summed E-state index contributed by atoms with van der Waals surface area (Å²) in [6.07, 6.45) is 0.405. The van der Waals surface area contributed by atoms with Crippen molar-refractivity contribution in [3.63, 3.8) is 0 Å². The van der Waals surface area contributed by atoms with Gasteiger partial charge >= 0.3 is 6.09 Å². The molecule has 1 heterocycles. The third-order valence-electron chi connectivity index (χ3n) is 3.08. The summed E-state index contributed by atoms with van der Waals surface area (Å²) < 4.78 is 13.0. The Bertz CT molecular complexity index is 491. The number of likely N-dealkylation sites (N-methyl/N-ethyl adjacent to an activating group) is 1. The average molecular weight is 311 g/mol. The smallest absolute Gasteiger partial charge is 0.410 e. The Morgan fingerprint density at radius 1 is 1.41 bits per heavy atom. The highest BCUT2D eigenvalue weighted by atomic mass is 16.6. The van der Waals surface area contributed by atoms with E-state index in [-0.39, 0.29) is 12.2 Å². The molecule has 1 aromatic heterocycles. The van der Waals surface area contributed by atoms with E-state index in [4.69, 9.17) is 9.47 Å². The van der Waals surface area contributed by atoms with Crippen molar-refractivity contribution in [3.05, 3.63) is 11.8 Å². The van der Waals surface area contributed by atoms with Crippen molar-refractivity contribution < 1.29 is 14.3 Å². The van der Waals surface area contributed by atoms with Crippen LogP contribution in [0.2, 0.25) is 0 Å². The van der Waals surface area contributed by atoms with Gasteiger partial charge in [0.2, 0.25) is 5.88 Å². The summed E-state index contributed by atoms with van der Waals surface area (Å²) in [7, 11) is 1.85. The second-order valence-corrected chi connectivity index (χ2v) is 6.40. The third-order valence-corrected chi connectivity index (χ3v) is 3.08. The average Bonchev–Trinajstić information content (AvgIpc) is 2.74. The minimum atomic E-state index is -0.493. The third kappa shape index (κ3) is 5.58. The van der Waals surface area contributed by atoms with Gasteiger partial charge in [-0.1, -0.05) is 6.92 Å². The molecule has 0 saturated heterocycles. The lowest BCUT2D eigenvalue weighted by Gasteiger charge is -2.28. The lowest BCUT2D eigenvalue weighted by atomic mass is 10.2. The van der Waals surface area contributed by atoms with Crippen LogP contribution < -0.4 is 4.74 Å². The fourth-order valence-electron chi connectivity index (χ4n) is 2.00. The van der Waals surface area contributed by atoms with E-state index in [0.717, 1.165) is 12.1 Å². The lowest BCUT2D eigenvalue weighted by molar-refractivity contribution is 0.0187. The summed E-state index contributed by atoms with van der Waals surface area (Å²) in [5.41, 5.74) is 0.497. The zero-order chi connectivity index (χ0) is 16.9. The number of nitrogens with zero attached hydrogens (tertiary/aromatic N) is 3. The Morgan fingerprint density at radius 3 is 2.50 bits per heavy atom. The Hall–Kier alpha value is -1.72. The molecular formula is C16H29N3O3. The quantitative estimate of drug-likeness (QED) is 0.810. The van der Waals surface area contributed by atoms with E-state index in [1.54, 1.807) is 9.58 Å². The second kappa shape index (κ2) is 7.51. The van der Waals surface area contributed by atoms with E-state index in [9.17, 15) is 4.79 Å². The first kappa shape index (κ1) is 18.3. The molecule has 1 rings (SSSR count). The van der Waals surface area contributed by atoms with Gasteiger partial charge < -0.3 is 14.4 Å². The Morgan fingerprint density at radius 2 is 2.05 bits per heavy atom. The highest BCUT2D eigenvalue weighted by Gasteiger charge is 2.23. The van der Waals surface area contributed by atoms with Crippen LogP contribution in [-0.2, 0) is 18.2 Å². The molecule has 6 nitrogen and oxygen atoms in total. The number of hydrogen-bond donors (Lipinski definition) is 0. The van der Waals surface area contributed by atoms with E-state index in [0.29, 0.717) is 19.0 Å². The molecule has 0 N–H and O–H groups in total. The predicted octanol–water partition coefficient (Wildman–Crippen LogP) is 3.01. The minimum absolute atomic E-state index is 0.146. The van der Waals surface area contributed by atoms with Gasteiger partial charge in [0.25, 0.3) is 0 Å².